The van der Waals surface area contributed by atoms with Crippen molar-refractivity contribution in [2.24, 2.45) is 0 Å². The first-order valence-electron chi connectivity index (χ1n) is 9.25. The molecule has 7 heteroatoms. The van der Waals surface area contributed by atoms with E-state index in [2.05, 4.69) is 10.4 Å². The number of amides is 1. The fourth-order valence-corrected chi connectivity index (χ4v) is 3.20. The SMILES string of the molecule is COc1ccc(-c2ccc(=O)n(CC(=O)Nc3cccc4ccccc34)n2)c(F)c1. The molecule has 0 saturated carbocycles. The van der Waals surface area contributed by atoms with Crippen LogP contribution in [0.25, 0.3) is 22.0 Å². The number of halogens is 1. The molecule has 1 N–H and O–H groups in total. The van der Waals surface area contributed by atoms with E-state index in [9.17, 15) is 14.0 Å². The van der Waals surface area contributed by atoms with Gasteiger partial charge in [-0.25, -0.2) is 9.07 Å². The van der Waals surface area contributed by atoms with Gasteiger partial charge in [0.25, 0.3) is 5.56 Å². The molecule has 0 aliphatic rings. The first-order chi connectivity index (χ1) is 14.5. The lowest BCUT2D eigenvalue weighted by Gasteiger charge is -2.11. The normalized spacial score (nSPS) is 10.7. The minimum Gasteiger partial charge on any atom is -0.497 e. The number of carbonyl (C=O) groups excluding carboxylic acids is 1. The van der Waals surface area contributed by atoms with Crippen LogP contribution in [0, 0.1) is 5.82 Å². The molecule has 0 saturated heterocycles. The van der Waals surface area contributed by atoms with Gasteiger partial charge in [0.05, 0.1) is 12.8 Å². The van der Waals surface area contributed by atoms with E-state index in [-0.39, 0.29) is 17.8 Å². The van der Waals surface area contributed by atoms with Gasteiger partial charge in [-0.2, -0.15) is 5.10 Å². The number of hydrogen-bond donors (Lipinski definition) is 1. The van der Waals surface area contributed by atoms with E-state index in [0.29, 0.717) is 11.4 Å². The summed E-state index contributed by atoms with van der Waals surface area (Å²) in [5.41, 5.74) is 0.635. The molecular formula is C23H18FN3O3. The zero-order valence-corrected chi connectivity index (χ0v) is 16.1. The van der Waals surface area contributed by atoms with Crippen LogP contribution >= 0.6 is 0 Å². The topological polar surface area (TPSA) is 73.2 Å². The van der Waals surface area contributed by atoms with Gasteiger partial charge in [-0.05, 0) is 29.7 Å². The molecule has 6 nitrogen and oxygen atoms in total. The standard InChI is InChI=1S/C23H18FN3O3/c1-30-16-9-10-18(19(24)13-16)21-11-12-23(29)27(26-21)14-22(28)25-20-8-4-6-15-5-2-3-7-17(15)20/h2-13H,14H2,1H3,(H,25,28). The lowest BCUT2D eigenvalue weighted by molar-refractivity contribution is -0.117. The van der Waals surface area contributed by atoms with Gasteiger partial charge < -0.3 is 10.1 Å². The molecule has 1 heterocycles. The second-order valence-corrected chi connectivity index (χ2v) is 6.64. The molecule has 1 aromatic heterocycles. The van der Waals surface area contributed by atoms with Gasteiger partial charge in [-0.15, -0.1) is 0 Å². The zero-order chi connectivity index (χ0) is 21.1. The Morgan fingerprint density at radius 3 is 2.67 bits per heavy atom. The number of anilines is 1. The van der Waals surface area contributed by atoms with Crippen LogP contribution in [0.1, 0.15) is 0 Å². The van der Waals surface area contributed by atoms with E-state index in [1.807, 2.05) is 36.4 Å². The Bertz CT molecular complexity index is 1300. The Hall–Kier alpha value is -4.00. The summed E-state index contributed by atoms with van der Waals surface area (Å²) in [5.74, 6) is -0.570. The smallest absolute Gasteiger partial charge is 0.267 e. The molecule has 3 aromatic carbocycles. The number of fused-ring (bicyclic) bond motifs is 1. The first-order valence-corrected chi connectivity index (χ1v) is 9.25. The summed E-state index contributed by atoms with van der Waals surface area (Å²) in [7, 11) is 1.45. The predicted octanol–water partition coefficient (Wildman–Crippen LogP) is 3.85. The quantitative estimate of drug-likeness (QED) is 0.549. The molecule has 30 heavy (non-hydrogen) atoms. The lowest BCUT2D eigenvalue weighted by atomic mass is 10.1. The summed E-state index contributed by atoms with van der Waals surface area (Å²) < 4.78 is 20.4. The molecule has 0 aliphatic heterocycles. The van der Waals surface area contributed by atoms with Crippen LogP contribution in [-0.2, 0) is 11.3 Å². The first kappa shape index (κ1) is 19.3. The summed E-state index contributed by atoms with van der Waals surface area (Å²) in [6.07, 6.45) is 0. The highest BCUT2D eigenvalue weighted by Gasteiger charge is 2.12. The van der Waals surface area contributed by atoms with Gasteiger partial charge in [0.2, 0.25) is 5.91 Å². The summed E-state index contributed by atoms with van der Waals surface area (Å²) in [6, 6.07) is 20.3. The molecular weight excluding hydrogens is 385 g/mol. The van der Waals surface area contributed by atoms with Crippen molar-refractivity contribution in [3.63, 3.8) is 0 Å². The maximum atomic E-state index is 14.4. The third kappa shape index (κ3) is 3.91. The van der Waals surface area contributed by atoms with E-state index in [1.54, 1.807) is 12.1 Å². The summed E-state index contributed by atoms with van der Waals surface area (Å²) in [4.78, 5) is 24.8. The van der Waals surface area contributed by atoms with E-state index in [4.69, 9.17) is 4.74 Å². The van der Waals surface area contributed by atoms with Crippen LogP contribution in [0.2, 0.25) is 0 Å². The van der Waals surface area contributed by atoms with E-state index in [1.165, 1.54) is 31.4 Å². The minimum atomic E-state index is -0.535. The number of nitrogens with zero attached hydrogens (tertiary/aromatic N) is 2. The number of ether oxygens (including phenoxy) is 1. The van der Waals surface area contributed by atoms with Gasteiger partial charge in [-0.1, -0.05) is 36.4 Å². The van der Waals surface area contributed by atoms with Crippen LogP contribution in [0.15, 0.2) is 77.6 Å². The average Bonchev–Trinajstić information content (AvgIpc) is 2.75. The van der Waals surface area contributed by atoms with Crippen molar-refractivity contribution < 1.29 is 13.9 Å². The Labute approximate surface area is 171 Å². The largest absolute Gasteiger partial charge is 0.497 e. The molecule has 150 valence electrons. The molecule has 0 aliphatic carbocycles. The lowest BCUT2D eigenvalue weighted by Crippen LogP contribution is -2.29. The predicted molar refractivity (Wildman–Crippen MR) is 113 cm³/mol. The zero-order valence-electron chi connectivity index (χ0n) is 16.1. The Morgan fingerprint density at radius 1 is 1.07 bits per heavy atom. The third-order valence-electron chi connectivity index (χ3n) is 4.68. The van der Waals surface area contributed by atoms with Crippen molar-refractivity contribution in [2.45, 2.75) is 6.54 Å². The highest BCUT2D eigenvalue weighted by molar-refractivity contribution is 6.01. The van der Waals surface area contributed by atoms with Crippen molar-refractivity contribution in [3.8, 4) is 17.0 Å². The van der Waals surface area contributed by atoms with Crippen LogP contribution < -0.4 is 15.6 Å². The summed E-state index contributed by atoms with van der Waals surface area (Å²) >= 11 is 0. The molecule has 0 spiro atoms. The summed E-state index contributed by atoms with van der Waals surface area (Å²) in [5, 5.41) is 8.86. The van der Waals surface area contributed by atoms with Crippen molar-refractivity contribution in [2.75, 3.05) is 12.4 Å². The molecule has 1 amide bonds. The molecule has 4 aromatic rings. The molecule has 0 fully saturated rings. The van der Waals surface area contributed by atoms with Crippen molar-refractivity contribution in [1.82, 2.24) is 9.78 Å². The van der Waals surface area contributed by atoms with Crippen molar-refractivity contribution >= 4 is 22.4 Å². The Morgan fingerprint density at radius 2 is 1.87 bits per heavy atom. The van der Waals surface area contributed by atoms with Crippen molar-refractivity contribution in [3.05, 3.63) is 89.0 Å². The van der Waals surface area contributed by atoms with Crippen LogP contribution in [-0.4, -0.2) is 22.8 Å². The molecule has 0 atom stereocenters. The Kier molecular flexibility index (Phi) is 5.26. The van der Waals surface area contributed by atoms with Crippen LogP contribution in [0.5, 0.6) is 5.75 Å². The average molecular weight is 403 g/mol. The summed E-state index contributed by atoms with van der Waals surface area (Å²) in [6.45, 7) is -0.298. The maximum Gasteiger partial charge on any atom is 0.267 e. The van der Waals surface area contributed by atoms with E-state index >= 15 is 0 Å². The van der Waals surface area contributed by atoms with Crippen molar-refractivity contribution in [1.29, 1.82) is 0 Å². The Balaban J connectivity index is 1.59. The molecule has 0 unspecified atom stereocenters. The maximum absolute atomic E-state index is 14.4. The second kappa shape index (κ2) is 8.16. The van der Waals surface area contributed by atoms with Gasteiger partial charge in [0.1, 0.15) is 18.1 Å². The number of benzene rings is 3. The second-order valence-electron chi connectivity index (χ2n) is 6.64. The van der Waals surface area contributed by atoms with Gasteiger partial charge in [0.15, 0.2) is 0 Å². The fourth-order valence-electron chi connectivity index (χ4n) is 3.20. The third-order valence-corrected chi connectivity index (χ3v) is 4.68. The van der Waals surface area contributed by atoms with Gasteiger partial charge in [-0.3, -0.25) is 9.59 Å². The van der Waals surface area contributed by atoms with Gasteiger partial charge in [0, 0.05) is 28.8 Å². The number of hydrogen-bond acceptors (Lipinski definition) is 4. The monoisotopic (exact) mass is 403 g/mol. The van der Waals surface area contributed by atoms with Crippen LogP contribution in [0.3, 0.4) is 0 Å². The van der Waals surface area contributed by atoms with E-state index in [0.717, 1.165) is 15.5 Å². The molecule has 0 bridgehead atoms. The highest BCUT2D eigenvalue weighted by atomic mass is 19.1. The van der Waals surface area contributed by atoms with Crippen LogP contribution in [0.4, 0.5) is 10.1 Å². The van der Waals surface area contributed by atoms with Gasteiger partial charge >= 0.3 is 0 Å². The molecule has 4 rings (SSSR count). The number of carbonyl (C=O) groups is 1. The number of aromatic nitrogens is 2. The minimum absolute atomic E-state index is 0.207. The number of rotatable bonds is 5. The highest BCUT2D eigenvalue weighted by Crippen LogP contribution is 2.24. The number of methoxy groups -OCH3 is 1. The van der Waals surface area contributed by atoms with E-state index < -0.39 is 17.3 Å². The number of nitrogens with one attached hydrogen (secondary N) is 1. The fraction of sp³-hybridized carbons (Fsp3) is 0.0870. The molecule has 0 radical (unpaired) electrons.